The minimum atomic E-state index is -0.233. The first-order chi connectivity index (χ1) is 14.0. The molecule has 7 heteroatoms. The highest BCUT2D eigenvalue weighted by Gasteiger charge is 2.44. The Morgan fingerprint density at radius 1 is 1.17 bits per heavy atom. The molecule has 30 heavy (non-hydrogen) atoms. The van der Waals surface area contributed by atoms with E-state index in [1.165, 1.54) is 0 Å². The summed E-state index contributed by atoms with van der Waals surface area (Å²) in [6.07, 6.45) is 1.50. The molecule has 2 aromatic carbocycles. The van der Waals surface area contributed by atoms with Crippen LogP contribution in [0.25, 0.3) is 0 Å². The minimum Gasteiger partial charge on any atom is -0.454 e. The Hall–Kier alpha value is -2.59. The van der Waals surface area contributed by atoms with Gasteiger partial charge in [0.15, 0.2) is 0 Å². The van der Waals surface area contributed by atoms with Crippen molar-refractivity contribution < 1.29 is 9.53 Å². The lowest BCUT2D eigenvalue weighted by atomic mass is 9.78. The van der Waals surface area contributed by atoms with Gasteiger partial charge in [0.25, 0.3) is 5.91 Å². The molecular weight excluding hydrogens is 400 g/mol. The van der Waals surface area contributed by atoms with E-state index in [-0.39, 0.29) is 23.0 Å². The second-order valence-electron chi connectivity index (χ2n) is 8.93. The topological polar surface area (TPSA) is 91.4 Å². The van der Waals surface area contributed by atoms with E-state index in [4.69, 9.17) is 22.2 Å². The molecule has 0 saturated carbocycles. The van der Waals surface area contributed by atoms with Gasteiger partial charge in [-0.05, 0) is 70.9 Å². The van der Waals surface area contributed by atoms with Crippen LogP contribution in [0.5, 0.6) is 11.5 Å². The molecule has 2 aromatic rings. The number of rotatable bonds is 4. The van der Waals surface area contributed by atoms with E-state index >= 15 is 0 Å². The number of nitrogens with two attached hydrogens (primary N) is 1. The van der Waals surface area contributed by atoms with E-state index in [1.54, 1.807) is 42.5 Å². The zero-order valence-electron chi connectivity index (χ0n) is 17.7. The predicted octanol–water partition coefficient (Wildman–Crippen LogP) is 4.63. The van der Waals surface area contributed by atoms with E-state index in [1.807, 2.05) is 5.01 Å². The van der Waals surface area contributed by atoms with Crippen LogP contribution in [0.15, 0.2) is 42.5 Å². The Kier molecular flexibility index (Phi) is 6.09. The average molecular weight is 427 g/mol. The Labute approximate surface area is 182 Å². The lowest BCUT2D eigenvalue weighted by molar-refractivity contribution is -0.0406. The first-order valence-electron chi connectivity index (χ1n) is 9.86. The summed E-state index contributed by atoms with van der Waals surface area (Å²) in [7, 11) is 0. The summed E-state index contributed by atoms with van der Waals surface area (Å²) >= 11 is 6.36. The Bertz CT molecular complexity index is 979. The zero-order valence-corrected chi connectivity index (χ0v) is 18.5. The fourth-order valence-electron chi connectivity index (χ4n) is 4.16. The summed E-state index contributed by atoms with van der Waals surface area (Å²) in [5.74, 6) is 6.89. The number of ether oxygens (including phenoxy) is 1. The molecule has 158 valence electrons. The fourth-order valence-corrected chi connectivity index (χ4v) is 4.38. The highest BCUT2D eigenvalue weighted by Crippen LogP contribution is 2.36. The van der Waals surface area contributed by atoms with Gasteiger partial charge in [-0.3, -0.25) is 10.6 Å². The first-order valence-corrected chi connectivity index (χ1v) is 10.2. The molecule has 0 bridgehead atoms. The number of amides is 1. The summed E-state index contributed by atoms with van der Waals surface area (Å²) in [5.41, 5.74) is 0.394. The van der Waals surface area contributed by atoms with Crippen molar-refractivity contribution in [2.75, 3.05) is 0 Å². The van der Waals surface area contributed by atoms with Gasteiger partial charge < -0.3 is 10.1 Å². The number of nitrogens with zero attached hydrogens (tertiary/aromatic N) is 2. The molecule has 1 aliphatic heterocycles. The normalized spacial score (nSPS) is 18.4. The quantitative estimate of drug-likeness (QED) is 0.695. The molecule has 1 fully saturated rings. The van der Waals surface area contributed by atoms with Crippen LogP contribution >= 0.6 is 11.6 Å². The first kappa shape index (κ1) is 22.1. The van der Waals surface area contributed by atoms with Crippen LogP contribution in [-0.2, 0) is 0 Å². The van der Waals surface area contributed by atoms with E-state index in [0.717, 1.165) is 12.8 Å². The molecule has 1 aliphatic rings. The van der Waals surface area contributed by atoms with E-state index in [2.05, 4.69) is 39.1 Å². The van der Waals surface area contributed by atoms with E-state index in [0.29, 0.717) is 27.6 Å². The molecule has 1 heterocycles. The Balaban J connectivity index is 1.73. The van der Waals surface area contributed by atoms with E-state index < -0.39 is 0 Å². The van der Waals surface area contributed by atoms with Crippen molar-refractivity contribution >= 4 is 17.5 Å². The average Bonchev–Trinajstić information content (AvgIpc) is 2.67. The third-order valence-electron chi connectivity index (χ3n) is 5.55. The Morgan fingerprint density at radius 3 is 2.40 bits per heavy atom. The van der Waals surface area contributed by atoms with E-state index in [9.17, 15) is 10.1 Å². The summed E-state index contributed by atoms with van der Waals surface area (Å²) in [6, 6.07) is 13.9. The molecule has 0 atom stereocenters. The molecule has 0 aliphatic carbocycles. The lowest BCUT2D eigenvalue weighted by Crippen LogP contribution is -2.67. The van der Waals surface area contributed by atoms with Crippen molar-refractivity contribution in [3.8, 4) is 17.6 Å². The van der Waals surface area contributed by atoms with Gasteiger partial charge >= 0.3 is 0 Å². The number of nitriles is 1. The molecule has 0 aromatic heterocycles. The summed E-state index contributed by atoms with van der Waals surface area (Å²) in [6.45, 7) is 8.31. The van der Waals surface area contributed by atoms with Crippen molar-refractivity contribution in [3.63, 3.8) is 0 Å². The number of piperidine rings is 1. The van der Waals surface area contributed by atoms with Gasteiger partial charge in [-0.15, -0.1) is 0 Å². The van der Waals surface area contributed by atoms with Crippen LogP contribution in [0.1, 0.15) is 56.5 Å². The number of hydrazine groups is 1. The predicted molar refractivity (Wildman–Crippen MR) is 117 cm³/mol. The SMILES string of the molecule is CC1(C)CC(NC(=O)c2ccc(Oc3ccccc3C#N)c(Cl)c2)CC(C)(C)N1N. The highest BCUT2D eigenvalue weighted by atomic mass is 35.5. The molecule has 0 unspecified atom stereocenters. The maximum absolute atomic E-state index is 12.8. The van der Waals surface area contributed by atoms with Crippen LogP contribution in [0.3, 0.4) is 0 Å². The number of nitrogens with one attached hydrogen (secondary N) is 1. The molecule has 3 N–H and O–H groups in total. The van der Waals surface area contributed by atoms with Crippen LogP contribution in [0.4, 0.5) is 0 Å². The molecule has 0 spiro atoms. The number of hydrogen-bond donors (Lipinski definition) is 2. The Morgan fingerprint density at radius 2 is 1.80 bits per heavy atom. The van der Waals surface area contributed by atoms with Gasteiger partial charge in [0, 0.05) is 22.7 Å². The van der Waals surface area contributed by atoms with Crippen LogP contribution in [0.2, 0.25) is 5.02 Å². The lowest BCUT2D eigenvalue weighted by Gasteiger charge is -2.52. The van der Waals surface area contributed by atoms with Gasteiger partial charge in [0.1, 0.15) is 17.6 Å². The largest absolute Gasteiger partial charge is 0.454 e. The van der Waals surface area contributed by atoms with Crippen molar-refractivity contribution in [2.24, 2.45) is 5.84 Å². The number of carbonyl (C=O) groups excluding carboxylic acids is 1. The maximum Gasteiger partial charge on any atom is 0.251 e. The number of halogens is 1. The molecule has 1 saturated heterocycles. The van der Waals surface area contributed by atoms with Crippen molar-refractivity contribution in [3.05, 3.63) is 58.6 Å². The minimum absolute atomic E-state index is 0.000456. The molecule has 6 nitrogen and oxygen atoms in total. The second kappa shape index (κ2) is 8.27. The maximum atomic E-state index is 12.8. The second-order valence-corrected chi connectivity index (χ2v) is 9.34. The van der Waals surface area contributed by atoms with Crippen LogP contribution in [-0.4, -0.2) is 28.0 Å². The van der Waals surface area contributed by atoms with Gasteiger partial charge in [-0.25, -0.2) is 5.01 Å². The monoisotopic (exact) mass is 426 g/mol. The van der Waals surface area contributed by atoms with Crippen molar-refractivity contribution in [1.29, 1.82) is 5.26 Å². The summed E-state index contributed by atoms with van der Waals surface area (Å²) in [5, 5.41) is 14.5. The van der Waals surface area contributed by atoms with Crippen LogP contribution < -0.4 is 15.9 Å². The number of carbonyl (C=O) groups is 1. The number of hydrogen-bond acceptors (Lipinski definition) is 5. The molecule has 0 radical (unpaired) electrons. The molecule has 3 rings (SSSR count). The third-order valence-corrected chi connectivity index (χ3v) is 5.85. The standard InChI is InChI=1S/C23H27ClN4O2/c1-22(2)12-17(13-23(3,4)28(22)26)27-21(29)15-9-10-20(18(24)11-15)30-19-8-6-5-7-16(19)14-25/h5-11,17H,12-13,26H2,1-4H3,(H,27,29). The van der Waals surface area contributed by atoms with Crippen LogP contribution in [0, 0.1) is 11.3 Å². The summed E-state index contributed by atoms with van der Waals surface area (Å²) < 4.78 is 5.78. The zero-order chi connectivity index (χ0) is 22.1. The van der Waals surface area contributed by atoms with Gasteiger partial charge in [-0.2, -0.15) is 5.26 Å². The smallest absolute Gasteiger partial charge is 0.251 e. The molecular formula is C23H27ClN4O2. The van der Waals surface area contributed by atoms with Crippen molar-refractivity contribution in [1.82, 2.24) is 10.3 Å². The third kappa shape index (κ3) is 4.59. The number of para-hydroxylation sites is 1. The fraction of sp³-hybridized carbons (Fsp3) is 0.391. The number of benzene rings is 2. The molecule has 1 amide bonds. The van der Waals surface area contributed by atoms with Gasteiger partial charge in [0.2, 0.25) is 0 Å². The highest BCUT2D eigenvalue weighted by molar-refractivity contribution is 6.32. The van der Waals surface area contributed by atoms with Gasteiger partial charge in [0.05, 0.1) is 10.6 Å². The summed E-state index contributed by atoms with van der Waals surface area (Å²) in [4.78, 5) is 12.8. The van der Waals surface area contributed by atoms with Gasteiger partial charge in [-0.1, -0.05) is 23.7 Å². The van der Waals surface area contributed by atoms with Crippen molar-refractivity contribution in [2.45, 2.75) is 57.7 Å².